The van der Waals surface area contributed by atoms with E-state index in [1.807, 2.05) is 18.0 Å². The molecule has 2 heterocycles. The van der Waals surface area contributed by atoms with Crippen LogP contribution >= 0.6 is 11.8 Å². The van der Waals surface area contributed by atoms with E-state index in [4.69, 9.17) is 5.73 Å². The molecule has 29 heavy (non-hydrogen) atoms. The first kappa shape index (κ1) is 21.6. The van der Waals surface area contributed by atoms with E-state index < -0.39 is 0 Å². The van der Waals surface area contributed by atoms with E-state index in [0.717, 1.165) is 29.7 Å². The molecule has 0 aliphatic heterocycles. The maximum Gasteiger partial charge on any atom is 0.222 e. The minimum atomic E-state index is -0.353. The fourth-order valence-electron chi connectivity index (χ4n) is 3.74. The second kappa shape index (κ2) is 9.61. The third kappa shape index (κ3) is 5.95. The third-order valence-corrected chi connectivity index (χ3v) is 6.66. The number of anilines is 2. The lowest BCUT2D eigenvalue weighted by Crippen LogP contribution is -2.46. The quantitative estimate of drug-likeness (QED) is 0.564. The van der Waals surface area contributed by atoms with Gasteiger partial charge >= 0.3 is 0 Å². The van der Waals surface area contributed by atoms with Crippen LogP contribution in [0, 0.1) is 0 Å². The summed E-state index contributed by atoms with van der Waals surface area (Å²) in [7, 11) is 0. The highest BCUT2D eigenvalue weighted by Gasteiger charge is 2.26. The zero-order valence-electron chi connectivity index (χ0n) is 17.6. The molecule has 2 aromatic rings. The van der Waals surface area contributed by atoms with E-state index in [1.54, 1.807) is 0 Å². The monoisotopic (exact) mass is 416 g/mol. The van der Waals surface area contributed by atoms with Crippen molar-refractivity contribution in [3.63, 3.8) is 0 Å². The van der Waals surface area contributed by atoms with Crippen LogP contribution in [0.5, 0.6) is 0 Å². The van der Waals surface area contributed by atoms with E-state index >= 15 is 0 Å². The Morgan fingerprint density at radius 2 is 2.10 bits per heavy atom. The molecule has 158 valence electrons. The maximum absolute atomic E-state index is 11.5. The third-order valence-electron chi connectivity index (χ3n) is 5.36. The number of amides is 1. The van der Waals surface area contributed by atoms with Crippen LogP contribution < -0.4 is 16.4 Å². The molecule has 0 unspecified atom stereocenters. The molecule has 2 aromatic heterocycles. The second-order valence-corrected chi connectivity index (χ2v) is 9.57. The number of nitrogen functional groups attached to an aromatic ring is 1. The molecule has 0 aromatic carbocycles. The van der Waals surface area contributed by atoms with Crippen LogP contribution in [0.1, 0.15) is 65.7 Å². The molecule has 1 amide bonds. The van der Waals surface area contributed by atoms with Crippen molar-refractivity contribution in [1.82, 2.24) is 20.3 Å². The number of carbonyl (C=O) groups is 1. The predicted octanol–water partition coefficient (Wildman–Crippen LogP) is 4.14. The van der Waals surface area contributed by atoms with Crippen molar-refractivity contribution in [2.45, 2.75) is 81.4 Å². The summed E-state index contributed by atoms with van der Waals surface area (Å²) in [5.74, 6) is 0.796. The van der Waals surface area contributed by atoms with Gasteiger partial charge in [0.05, 0.1) is 11.1 Å². The van der Waals surface area contributed by atoms with E-state index in [1.165, 1.54) is 32.6 Å². The fourth-order valence-corrected chi connectivity index (χ4v) is 4.98. The summed E-state index contributed by atoms with van der Waals surface area (Å²) in [5, 5.41) is 7.10. The molecular formula is C21H32N6OS. The summed E-state index contributed by atoms with van der Waals surface area (Å²) in [4.78, 5) is 26.1. The largest absolute Gasteiger partial charge is 0.368 e. The van der Waals surface area contributed by atoms with E-state index in [0.29, 0.717) is 23.1 Å². The molecule has 1 aliphatic carbocycles. The van der Waals surface area contributed by atoms with Crippen LogP contribution in [0.3, 0.4) is 0 Å². The first-order valence-electron chi connectivity index (χ1n) is 10.5. The molecule has 3 rings (SSSR count). The minimum absolute atomic E-state index is 0.0479. The summed E-state index contributed by atoms with van der Waals surface area (Å²) < 4.78 is 0. The molecule has 4 N–H and O–H groups in total. The van der Waals surface area contributed by atoms with Crippen molar-refractivity contribution < 1.29 is 4.79 Å². The molecular weight excluding hydrogens is 384 g/mol. The zero-order valence-corrected chi connectivity index (χ0v) is 18.4. The molecule has 7 nitrogen and oxygen atoms in total. The van der Waals surface area contributed by atoms with Crippen molar-refractivity contribution in [2.75, 3.05) is 17.6 Å². The van der Waals surface area contributed by atoms with Gasteiger partial charge in [0.15, 0.2) is 5.82 Å². The number of fused-ring (bicyclic) bond motifs is 1. The Labute approximate surface area is 177 Å². The van der Waals surface area contributed by atoms with Crippen molar-refractivity contribution >= 4 is 40.5 Å². The van der Waals surface area contributed by atoms with Crippen LogP contribution in [-0.2, 0) is 4.79 Å². The number of nitrogens with zero attached hydrogens (tertiary/aromatic N) is 3. The van der Waals surface area contributed by atoms with Crippen LogP contribution in [-0.4, -0.2) is 38.2 Å². The summed E-state index contributed by atoms with van der Waals surface area (Å²) in [5.41, 5.74) is 7.12. The highest BCUT2D eigenvalue weighted by atomic mass is 32.2. The Bertz CT molecular complexity index is 854. The Morgan fingerprint density at radius 1 is 1.34 bits per heavy atom. The van der Waals surface area contributed by atoms with E-state index in [9.17, 15) is 4.79 Å². The Morgan fingerprint density at radius 3 is 2.79 bits per heavy atom. The van der Waals surface area contributed by atoms with Gasteiger partial charge in [-0.25, -0.2) is 9.97 Å². The lowest BCUT2D eigenvalue weighted by Gasteiger charge is -2.32. The lowest BCUT2D eigenvalue weighted by molar-refractivity contribution is -0.119. The van der Waals surface area contributed by atoms with Crippen LogP contribution in [0.4, 0.5) is 11.8 Å². The molecule has 0 radical (unpaired) electrons. The van der Waals surface area contributed by atoms with Crippen LogP contribution in [0.2, 0.25) is 0 Å². The lowest BCUT2D eigenvalue weighted by atomic mass is 9.94. The van der Waals surface area contributed by atoms with E-state index in [-0.39, 0.29) is 17.4 Å². The topological polar surface area (TPSA) is 106 Å². The number of thioether (sulfide) groups is 1. The molecule has 1 atom stereocenters. The molecule has 1 aliphatic rings. The summed E-state index contributed by atoms with van der Waals surface area (Å²) in [6, 6.07) is 2.06. The van der Waals surface area contributed by atoms with Crippen LogP contribution in [0.25, 0.3) is 11.0 Å². The molecule has 0 spiro atoms. The normalized spacial score (nSPS) is 16.7. The summed E-state index contributed by atoms with van der Waals surface area (Å²) >= 11 is 1.88. The Kier molecular flexibility index (Phi) is 7.16. The number of carbonyl (C=O) groups excluding carboxylic acids is 1. The average Bonchev–Trinajstić information content (AvgIpc) is 3.17. The minimum Gasteiger partial charge on any atom is -0.368 e. The molecule has 0 saturated heterocycles. The van der Waals surface area contributed by atoms with Crippen LogP contribution in [0.15, 0.2) is 17.2 Å². The van der Waals surface area contributed by atoms with Gasteiger partial charge in [0.1, 0.15) is 5.52 Å². The molecule has 8 heteroatoms. The number of nitrogens with one attached hydrogen (secondary N) is 2. The second-order valence-electron chi connectivity index (χ2n) is 8.19. The number of nitrogens with two attached hydrogens (primary N) is 1. The van der Waals surface area contributed by atoms with Crippen molar-refractivity contribution in [3.05, 3.63) is 12.3 Å². The number of rotatable bonds is 9. The van der Waals surface area contributed by atoms with Gasteiger partial charge in [0.2, 0.25) is 11.9 Å². The number of aromatic nitrogens is 3. The number of hydrogen-bond donors (Lipinski definition) is 3. The fraction of sp³-hybridized carbons (Fsp3) is 0.619. The predicted molar refractivity (Wildman–Crippen MR) is 120 cm³/mol. The van der Waals surface area contributed by atoms with Crippen molar-refractivity contribution in [2.24, 2.45) is 0 Å². The van der Waals surface area contributed by atoms with Gasteiger partial charge in [-0.2, -0.15) is 4.98 Å². The van der Waals surface area contributed by atoms with Crippen molar-refractivity contribution in [3.8, 4) is 0 Å². The Balaban J connectivity index is 1.87. The van der Waals surface area contributed by atoms with Gasteiger partial charge in [-0.1, -0.05) is 32.6 Å². The molecule has 1 fully saturated rings. The standard InChI is InChI=1S/C21H32N6OS/c1-4-5-10-21(3,13-24-14(2)28)27-19-18-17(25-20(22)26-19)11-16(12-23-18)29-15-8-6-7-9-15/h11-12,15H,4-10,13H2,1-3H3,(H,24,28)(H3,22,25,26,27)/t21-/m1/s1. The zero-order chi connectivity index (χ0) is 20.9. The summed E-state index contributed by atoms with van der Waals surface area (Å²) in [6.45, 7) is 6.28. The van der Waals surface area contributed by atoms with Gasteiger partial charge < -0.3 is 16.4 Å². The Hall–Kier alpha value is -2.09. The first-order chi connectivity index (χ1) is 13.9. The van der Waals surface area contributed by atoms with Crippen molar-refractivity contribution in [1.29, 1.82) is 0 Å². The van der Waals surface area contributed by atoms with Gasteiger partial charge in [-0.3, -0.25) is 4.79 Å². The van der Waals surface area contributed by atoms with E-state index in [2.05, 4.69) is 45.5 Å². The van der Waals surface area contributed by atoms with Gasteiger partial charge in [-0.15, -0.1) is 11.8 Å². The maximum atomic E-state index is 11.5. The highest BCUT2D eigenvalue weighted by Crippen LogP contribution is 2.36. The number of unbranched alkanes of at least 4 members (excludes halogenated alkanes) is 1. The van der Waals surface area contributed by atoms with Gasteiger partial charge in [-0.05, 0) is 32.3 Å². The summed E-state index contributed by atoms with van der Waals surface area (Å²) in [6.07, 6.45) is 10.1. The SMILES string of the molecule is CCCC[C@](C)(CNC(C)=O)Nc1nc(N)nc2cc(SC3CCCC3)cnc12. The van der Waals surface area contributed by atoms with Gasteiger partial charge in [0, 0.05) is 29.8 Å². The molecule has 1 saturated carbocycles. The highest BCUT2D eigenvalue weighted by molar-refractivity contribution is 8.00. The average molecular weight is 417 g/mol. The molecule has 0 bridgehead atoms. The first-order valence-corrected chi connectivity index (χ1v) is 11.4. The number of hydrogen-bond acceptors (Lipinski definition) is 7. The number of pyridine rings is 1. The smallest absolute Gasteiger partial charge is 0.222 e. The van der Waals surface area contributed by atoms with Gasteiger partial charge in [0.25, 0.3) is 0 Å².